The number of benzene rings is 1. The number of hydrogen-bond acceptors (Lipinski definition) is 2. The fourth-order valence-electron chi connectivity index (χ4n) is 1.99. The lowest BCUT2D eigenvalue weighted by Crippen LogP contribution is -2.07. The minimum atomic E-state index is 0.0720. The van der Waals surface area contributed by atoms with Crippen LogP contribution in [-0.2, 0) is 6.42 Å². The molecule has 1 aliphatic heterocycles. The largest absolute Gasteiger partial charge is 0.490 e. The summed E-state index contributed by atoms with van der Waals surface area (Å²) in [6.07, 6.45) is 1.12. The average Bonchev–Trinajstić information content (AvgIpc) is 2.55. The molecule has 1 N–H and O–H groups in total. The quantitative estimate of drug-likeness (QED) is 0.841. The van der Waals surface area contributed by atoms with Gasteiger partial charge in [-0.1, -0.05) is 18.5 Å². The van der Waals surface area contributed by atoms with Crippen molar-refractivity contribution in [2.24, 2.45) is 0 Å². The van der Waals surface area contributed by atoms with E-state index in [-0.39, 0.29) is 18.6 Å². The SMILES string of the molecule is CC1Cc2cc(Cl)cc(C(C)CO)c2O1. The molecule has 1 aromatic carbocycles. The highest BCUT2D eigenvalue weighted by Crippen LogP contribution is 2.38. The second-order valence-electron chi connectivity index (χ2n) is 4.20. The lowest BCUT2D eigenvalue weighted by Gasteiger charge is -2.14. The topological polar surface area (TPSA) is 29.5 Å². The number of hydrogen-bond donors (Lipinski definition) is 1. The molecule has 1 heterocycles. The summed E-state index contributed by atoms with van der Waals surface area (Å²) in [7, 11) is 0. The summed E-state index contributed by atoms with van der Waals surface area (Å²) in [5, 5.41) is 9.90. The summed E-state index contributed by atoms with van der Waals surface area (Å²) in [6.45, 7) is 4.13. The van der Waals surface area contributed by atoms with Crippen LogP contribution in [0.5, 0.6) is 5.75 Å². The normalized spacial score (nSPS) is 20.9. The molecule has 0 radical (unpaired) electrons. The molecule has 2 nitrogen and oxygen atoms in total. The van der Waals surface area contributed by atoms with Crippen molar-refractivity contribution in [1.29, 1.82) is 0 Å². The number of aliphatic hydroxyl groups excluding tert-OH is 1. The van der Waals surface area contributed by atoms with Crippen molar-refractivity contribution in [3.8, 4) is 5.75 Å². The van der Waals surface area contributed by atoms with Gasteiger partial charge in [-0.2, -0.15) is 0 Å². The van der Waals surface area contributed by atoms with Gasteiger partial charge in [-0.25, -0.2) is 0 Å². The van der Waals surface area contributed by atoms with Crippen LogP contribution in [0.2, 0.25) is 5.02 Å². The van der Waals surface area contributed by atoms with E-state index < -0.39 is 0 Å². The molecule has 2 atom stereocenters. The third kappa shape index (κ3) is 1.97. The van der Waals surface area contributed by atoms with Gasteiger partial charge in [0.05, 0.1) is 0 Å². The molecule has 2 rings (SSSR count). The van der Waals surface area contributed by atoms with E-state index in [4.69, 9.17) is 16.3 Å². The van der Waals surface area contributed by atoms with Gasteiger partial charge in [0.1, 0.15) is 11.9 Å². The Hall–Kier alpha value is -0.730. The van der Waals surface area contributed by atoms with Crippen molar-refractivity contribution in [2.75, 3.05) is 6.61 Å². The molecule has 0 fully saturated rings. The molecular formula is C12H15ClO2. The van der Waals surface area contributed by atoms with Crippen molar-refractivity contribution in [2.45, 2.75) is 32.3 Å². The second-order valence-corrected chi connectivity index (χ2v) is 4.64. The Morgan fingerprint density at radius 1 is 1.60 bits per heavy atom. The fourth-order valence-corrected chi connectivity index (χ4v) is 2.23. The van der Waals surface area contributed by atoms with Crippen molar-refractivity contribution in [3.63, 3.8) is 0 Å². The predicted molar refractivity (Wildman–Crippen MR) is 60.7 cm³/mol. The van der Waals surface area contributed by atoms with Gasteiger partial charge in [0.15, 0.2) is 0 Å². The number of ether oxygens (including phenoxy) is 1. The van der Waals surface area contributed by atoms with E-state index in [0.29, 0.717) is 0 Å². The molecule has 0 bridgehead atoms. The first-order valence-corrected chi connectivity index (χ1v) is 5.59. The number of fused-ring (bicyclic) bond motifs is 1. The van der Waals surface area contributed by atoms with Gasteiger partial charge >= 0.3 is 0 Å². The minimum Gasteiger partial charge on any atom is -0.490 e. The van der Waals surface area contributed by atoms with Crippen molar-refractivity contribution < 1.29 is 9.84 Å². The molecule has 0 amide bonds. The molecule has 15 heavy (non-hydrogen) atoms. The smallest absolute Gasteiger partial charge is 0.126 e. The summed E-state index contributed by atoms with van der Waals surface area (Å²) < 4.78 is 5.75. The maximum atomic E-state index is 9.18. The predicted octanol–water partition coefficient (Wildman–Crippen LogP) is 2.76. The van der Waals surface area contributed by atoms with E-state index in [0.717, 1.165) is 28.3 Å². The van der Waals surface area contributed by atoms with Crippen LogP contribution in [0.3, 0.4) is 0 Å². The van der Waals surface area contributed by atoms with Gasteiger partial charge in [-0.15, -0.1) is 0 Å². The van der Waals surface area contributed by atoms with Crippen LogP contribution in [-0.4, -0.2) is 17.8 Å². The number of aliphatic hydroxyl groups is 1. The molecule has 2 unspecified atom stereocenters. The Balaban J connectivity index is 2.47. The second kappa shape index (κ2) is 4.03. The fraction of sp³-hybridized carbons (Fsp3) is 0.500. The van der Waals surface area contributed by atoms with E-state index in [1.165, 1.54) is 0 Å². The Labute approximate surface area is 94.8 Å². The van der Waals surface area contributed by atoms with Crippen LogP contribution in [0.25, 0.3) is 0 Å². The van der Waals surface area contributed by atoms with E-state index in [9.17, 15) is 5.11 Å². The van der Waals surface area contributed by atoms with Gasteiger partial charge < -0.3 is 9.84 Å². The zero-order valence-electron chi connectivity index (χ0n) is 8.96. The molecule has 3 heteroatoms. The Morgan fingerprint density at radius 3 is 3.00 bits per heavy atom. The minimum absolute atomic E-state index is 0.0720. The Bertz CT molecular complexity index is 376. The highest BCUT2D eigenvalue weighted by atomic mass is 35.5. The molecule has 0 aliphatic carbocycles. The maximum absolute atomic E-state index is 9.18. The van der Waals surface area contributed by atoms with Crippen LogP contribution < -0.4 is 4.74 Å². The summed E-state index contributed by atoms with van der Waals surface area (Å²) in [5.41, 5.74) is 2.18. The molecule has 0 aromatic heterocycles. The zero-order chi connectivity index (χ0) is 11.0. The van der Waals surface area contributed by atoms with Crippen LogP contribution in [0, 0.1) is 0 Å². The van der Waals surface area contributed by atoms with Crippen molar-refractivity contribution in [3.05, 3.63) is 28.3 Å². The summed E-state index contributed by atoms with van der Waals surface area (Å²) >= 11 is 6.04. The molecule has 1 aromatic rings. The van der Waals surface area contributed by atoms with Gasteiger partial charge in [0, 0.05) is 29.5 Å². The average molecular weight is 227 g/mol. The maximum Gasteiger partial charge on any atom is 0.126 e. The van der Waals surface area contributed by atoms with Crippen LogP contribution in [0.4, 0.5) is 0 Å². The van der Waals surface area contributed by atoms with Gasteiger partial charge in [-0.3, -0.25) is 0 Å². The summed E-state index contributed by atoms with van der Waals surface area (Å²) in [6, 6.07) is 3.84. The molecule has 82 valence electrons. The highest BCUT2D eigenvalue weighted by Gasteiger charge is 2.24. The third-order valence-corrected chi connectivity index (χ3v) is 3.01. The highest BCUT2D eigenvalue weighted by molar-refractivity contribution is 6.30. The first kappa shape index (κ1) is 10.8. The number of halogens is 1. The van der Waals surface area contributed by atoms with Gasteiger partial charge in [0.25, 0.3) is 0 Å². The third-order valence-electron chi connectivity index (χ3n) is 2.79. The number of rotatable bonds is 2. The molecule has 0 spiro atoms. The molecule has 1 aliphatic rings. The van der Waals surface area contributed by atoms with E-state index in [2.05, 4.69) is 0 Å². The lowest BCUT2D eigenvalue weighted by molar-refractivity contribution is 0.242. The lowest BCUT2D eigenvalue weighted by atomic mass is 9.98. The molecular weight excluding hydrogens is 212 g/mol. The van der Waals surface area contributed by atoms with E-state index >= 15 is 0 Å². The van der Waals surface area contributed by atoms with Crippen LogP contribution in [0.1, 0.15) is 30.9 Å². The Kier molecular flexibility index (Phi) is 2.89. The van der Waals surface area contributed by atoms with Gasteiger partial charge in [-0.05, 0) is 24.6 Å². The monoisotopic (exact) mass is 226 g/mol. The van der Waals surface area contributed by atoms with Crippen LogP contribution in [0.15, 0.2) is 12.1 Å². The summed E-state index contributed by atoms with van der Waals surface area (Å²) in [4.78, 5) is 0. The van der Waals surface area contributed by atoms with Crippen molar-refractivity contribution >= 4 is 11.6 Å². The first-order chi connectivity index (χ1) is 7.11. The standard InChI is InChI=1S/C12H15ClO2/c1-7(6-14)11-5-10(13)4-9-3-8(2)15-12(9)11/h4-5,7-8,14H,3,6H2,1-2H3. The first-order valence-electron chi connectivity index (χ1n) is 5.21. The van der Waals surface area contributed by atoms with Crippen molar-refractivity contribution in [1.82, 2.24) is 0 Å². The Morgan fingerprint density at radius 2 is 2.33 bits per heavy atom. The van der Waals surface area contributed by atoms with E-state index in [1.807, 2.05) is 26.0 Å². The van der Waals surface area contributed by atoms with Gasteiger partial charge in [0.2, 0.25) is 0 Å². The molecule has 0 saturated carbocycles. The summed E-state index contributed by atoms with van der Waals surface area (Å²) in [5.74, 6) is 0.996. The zero-order valence-corrected chi connectivity index (χ0v) is 9.71. The molecule has 0 saturated heterocycles. The van der Waals surface area contributed by atoms with Crippen LogP contribution >= 0.6 is 11.6 Å². The van der Waals surface area contributed by atoms with E-state index in [1.54, 1.807) is 0 Å².